The van der Waals surface area contributed by atoms with E-state index in [0.717, 1.165) is 5.69 Å². The van der Waals surface area contributed by atoms with Crippen LogP contribution in [0.15, 0.2) is 42.7 Å². The van der Waals surface area contributed by atoms with Gasteiger partial charge < -0.3 is 9.80 Å². The molecule has 0 aliphatic carbocycles. The van der Waals surface area contributed by atoms with E-state index in [0.29, 0.717) is 37.7 Å². The number of hydrogen-bond acceptors (Lipinski definition) is 7. The first-order valence-electron chi connectivity index (χ1n) is 8.81. The van der Waals surface area contributed by atoms with E-state index < -0.39 is 4.92 Å². The van der Waals surface area contributed by atoms with Gasteiger partial charge in [0.25, 0.3) is 5.95 Å². The Morgan fingerprint density at radius 2 is 1.82 bits per heavy atom. The summed E-state index contributed by atoms with van der Waals surface area (Å²) in [4.78, 5) is 23.3. The van der Waals surface area contributed by atoms with Gasteiger partial charge in [-0.1, -0.05) is 12.1 Å². The Hall–Kier alpha value is -3.56. The van der Waals surface area contributed by atoms with Crippen molar-refractivity contribution >= 4 is 17.2 Å². The van der Waals surface area contributed by atoms with Gasteiger partial charge in [-0.25, -0.2) is 9.37 Å². The number of rotatable bonds is 4. The van der Waals surface area contributed by atoms with Gasteiger partial charge in [-0.3, -0.25) is 10.1 Å². The summed E-state index contributed by atoms with van der Waals surface area (Å²) in [6.07, 6.45) is 2.45. The molecule has 0 saturated carbocycles. The van der Waals surface area contributed by atoms with Crippen molar-refractivity contribution < 1.29 is 9.31 Å². The SMILES string of the molecule is Cc1cc(N2CCN(c3ccccc3F)CC2)nc(-n2cc([N+](=O)[O-])cn2)n1. The Labute approximate surface area is 160 Å². The number of nitrogens with zero attached hydrogens (tertiary/aromatic N) is 7. The van der Waals surface area contributed by atoms with Gasteiger partial charge in [0.2, 0.25) is 0 Å². The Bertz CT molecular complexity index is 1010. The molecule has 1 aliphatic rings. The van der Waals surface area contributed by atoms with Crippen LogP contribution >= 0.6 is 0 Å². The predicted octanol–water partition coefficient (Wildman–Crippen LogP) is 2.34. The van der Waals surface area contributed by atoms with E-state index in [9.17, 15) is 14.5 Å². The minimum absolute atomic E-state index is 0.120. The molecule has 0 radical (unpaired) electrons. The molecule has 0 atom stereocenters. The zero-order valence-electron chi connectivity index (χ0n) is 15.2. The van der Waals surface area contributed by atoms with Gasteiger partial charge >= 0.3 is 5.69 Å². The van der Waals surface area contributed by atoms with Crippen LogP contribution in [0.5, 0.6) is 0 Å². The van der Waals surface area contributed by atoms with Crippen molar-refractivity contribution in [2.75, 3.05) is 36.0 Å². The number of hydrogen-bond donors (Lipinski definition) is 0. The van der Waals surface area contributed by atoms with Crippen LogP contribution in [0.4, 0.5) is 21.6 Å². The van der Waals surface area contributed by atoms with Crippen LogP contribution < -0.4 is 9.80 Å². The van der Waals surface area contributed by atoms with Gasteiger partial charge in [0.15, 0.2) is 0 Å². The molecule has 0 amide bonds. The molecule has 3 heterocycles. The molecule has 9 nitrogen and oxygen atoms in total. The summed E-state index contributed by atoms with van der Waals surface area (Å²) in [5.74, 6) is 0.768. The van der Waals surface area contributed by atoms with Crippen LogP contribution in [0.2, 0.25) is 0 Å². The van der Waals surface area contributed by atoms with Crippen molar-refractivity contribution in [1.29, 1.82) is 0 Å². The van der Waals surface area contributed by atoms with Crippen LogP contribution in [0, 0.1) is 22.9 Å². The number of halogens is 1. The summed E-state index contributed by atoms with van der Waals surface area (Å²) in [7, 11) is 0. The highest BCUT2D eigenvalue weighted by molar-refractivity contribution is 5.51. The number of aromatic nitrogens is 4. The third-order valence-electron chi connectivity index (χ3n) is 4.61. The fraction of sp³-hybridized carbons (Fsp3) is 0.278. The lowest BCUT2D eigenvalue weighted by atomic mass is 10.2. The average molecular weight is 383 g/mol. The fourth-order valence-corrected chi connectivity index (χ4v) is 3.20. The quantitative estimate of drug-likeness (QED) is 0.504. The lowest BCUT2D eigenvalue weighted by molar-refractivity contribution is -0.384. The zero-order chi connectivity index (χ0) is 19.7. The molecule has 1 saturated heterocycles. The van der Waals surface area contributed by atoms with E-state index in [1.165, 1.54) is 23.1 Å². The third-order valence-corrected chi connectivity index (χ3v) is 4.61. The first kappa shape index (κ1) is 17.8. The van der Waals surface area contributed by atoms with E-state index in [4.69, 9.17) is 0 Å². The maximum absolute atomic E-state index is 14.0. The number of aryl methyl sites for hydroxylation is 1. The highest BCUT2D eigenvalue weighted by Crippen LogP contribution is 2.23. The lowest BCUT2D eigenvalue weighted by Gasteiger charge is -2.36. The fourth-order valence-electron chi connectivity index (χ4n) is 3.20. The lowest BCUT2D eigenvalue weighted by Crippen LogP contribution is -2.47. The van der Waals surface area contributed by atoms with Crippen LogP contribution in [0.1, 0.15) is 5.69 Å². The molecule has 0 N–H and O–H groups in total. The van der Waals surface area contributed by atoms with E-state index in [2.05, 4.69) is 20.0 Å². The summed E-state index contributed by atoms with van der Waals surface area (Å²) >= 11 is 0. The molecule has 0 unspecified atom stereocenters. The monoisotopic (exact) mass is 383 g/mol. The minimum atomic E-state index is -0.512. The van der Waals surface area contributed by atoms with Crippen LogP contribution in [0.3, 0.4) is 0 Å². The summed E-state index contributed by atoms with van der Waals surface area (Å²) in [5, 5.41) is 14.8. The van der Waals surface area contributed by atoms with E-state index >= 15 is 0 Å². The Morgan fingerprint density at radius 1 is 1.11 bits per heavy atom. The Morgan fingerprint density at radius 3 is 2.50 bits per heavy atom. The van der Waals surface area contributed by atoms with Gasteiger partial charge in [0, 0.05) is 37.9 Å². The van der Waals surface area contributed by atoms with Crippen molar-refractivity contribution in [3.63, 3.8) is 0 Å². The summed E-state index contributed by atoms with van der Waals surface area (Å²) in [5.41, 5.74) is 1.21. The van der Waals surface area contributed by atoms with Crippen molar-refractivity contribution in [2.45, 2.75) is 6.92 Å². The zero-order valence-corrected chi connectivity index (χ0v) is 15.2. The molecule has 0 spiro atoms. The molecule has 0 bridgehead atoms. The average Bonchev–Trinajstić information content (AvgIpc) is 3.19. The van der Waals surface area contributed by atoms with Crippen LogP contribution in [-0.2, 0) is 0 Å². The van der Waals surface area contributed by atoms with Gasteiger partial charge in [-0.2, -0.15) is 14.8 Å². The van der Waals surface area contributed by atoms with Crippen LogP contribution in [0.25, 0.3) is 5.95 Å². The molecule has 3 aromatic rings. The number of benzene rings is 1. The molecule has 144 valence electrons. The van der Waals surface area contributed by atoms with E-state index in [1.54, 1.807) is 12.1 Å². The second-order valence-corrected chi connectivity index (χ2v) is 6.49. The highest BCUT2D eigenvalue weighted by Gasteiger charge is 2.21. The van der Waals surface area contributed by atoms with Crippen molar-refractivity contribution in [1.82, 2.24) is 19.7 Å². The topological polar surface area (TPSA) is 93.2 Å². The predicted molar refractivity (Wildman–Crippen MR) is 101 cm³/mol. The largest absolute Gasteiger partial charge is 0.366 e. The molecule has 4 rings (SSSR count). The van der Waals surface area contributed by atoms with Crippen molar-refractivity contribution in [3.05, 3.63) is 64.4 Å². The second kappa shape index (κ2) is 7.22. The molecular formula is C18H18FN7O2. The maximum atomic E-state index is 14.0. The normalized spacial score (nSPS) is 14.4. The first-order valence-corrected chi connectivity index (χ1v) is 8.81. The van der Waals surface area contributed by atoms with E-state index in [1.807, 2.05) is 24.0 Å². The van der Waals surface area contributed by atoms with Crippen molar-refractivity contribution in [3.8, 4) is 5.95 Å². The molecule has 1 fully saturated rings. The van der Waals surface area contributed by atoms with Gasteiger partial charge in [-0.05, 0) is 19.1 Å². The molecule has 28 heavy (non-hydrogen) atoms. The molecule has 1 aliphatic heterocycles. The molecule has 2 aromatic heterocycles. The number of nitro groups is 1. The maximum Gasteiger partial charge on any atom is 0.307 e. The standard InChI is InChI=1S/C18H18FN7O2/c1-13-10-17(22-18(21-13)25-12-14(11-20-25)26(27)28)24-8-6-23(7-9-24)16-5-3-2-4-15(16)19/h2-5,10-12H,6-9H2,1H3. The molecule has 10 heteroatoms. The Balaban J connectivity index is 1.53. The van der Waals surface area contributed by atoms with Gasteiger partial charge in [-0.15, -0.1) is 0 Å². The smallest absolute Gasteiger partial charge is 0.307 e. The number of anilines is 2. The van der Waals surface area contributed by atoms with Gasteiger partial charge in [0.05, 0.1) is 10.6 Å². The molecule has 1 aromatic carbocycles. The first-order chi connectivity index (χ1) is 13.5. The highest BCUT2D eigenvalue weighted by atomic mass is 19.1. The second-order valence-electron chi connectivity index (χ2n) is 6.49. The number of piperazine rings is 1. The van der Waals surface area contributed by atoms with E-state index in [-0.39, 0.29) is 17.5 Å². The molecular weight excluding hydrogens is 365 g/mol. The summed E-state index contributed by atoms with van der Waals surface area (Å²) < 4.78 is 15.3. The van der Waals surface area contributed by atoms with Gasteiger partial charge in [0.1, 0.15) is 24.0 Å². The summed E-state index contributed by atoms with van der Waals surface area (Å²) in [6.45, 7) is 4.49. The minimum Gasteiger partial charge on any atom is -0.366 e. The van der Waals surface area contributed by atoms with Crippen molar-refractivity contribution in [2.24, 2.45) is 0 Å². The third kappa shape index (κ3) is 3.48. The Kier molecular flexibility index (Phi) is 4.60. The summed E-state index contributed by atoms with van der Waals surface area (Å²) in [6, 6.07) is 8.61. The van der Waals surface area contributed by atoms with Crippen LogP contribution in [-0.4, -0.2) is 50.9 Å². The number of para-hydroxylation sites is 1.